The molecule has 2 atom stereocenters. The van der Waals surface area contributed by atoms with Gasteiger partial charge >= 0.3 is 0 Å². The van der Waals surface area contributed by atoms with Gasteiger partial charge in [0.2, 0.25) is 11.8 Å². The van der Waals surface area contributed by atoms with E-state index in [0.29, 0.717) is 0 Å². The van der Waals surface area contributed by atoms with Gasteiger partial charge in [0.1, 0.15) is 0 Å². The molecule has 0 heterocycles. The number of allylic oxidation sites excluding steroid dienone is 2. The molecule has 0 aromatic heterocycles. The van der Waals surface area contributed by atoms with E-state index >= 15 is 0 Å². The first-order valence-corrected chi connectivity index (χ1v) is 9.80. The highest BCUT2D eigenvalue weighted by Gasteiger charge is 2.15. The molecule has 0 fully saturated rings. The molecular formula is C20H38N2O2. The molecule has 140 valence electrons. The molecule has 0 radical (unpaired) electrons. The number of amides is 2. The van der Waals surface area contributed by atoms with Gasteiger partial charge in [0.05, 0.1) is 0 Å². The summed E-state index contributed by atoms with van der Waals surface area (Å²) in [5.74, 6) is 0.382. The molecule has 2 unspecified atom stereocenters. The van der Waals surface area contributed by atoms with Crippen molar-refractivity contribution >= 4 is 11.8 Å². The first-order valence-electron chi connectivity index (χ1n) is 9.80. The molecule has 0 aromatic carbocycles. The van der Waals surface area contributed by atoms with Gasteiger partial charge in [0.25, 0.3) is 0 Å². The summed E-state index contributed by atoms with van der Waals surface area (Å²) in [6, 6.07) is 0. The van der Waals surface area contributed by atoms with Gasteiger partial charge in [-0.05, 0) is 38.5 Å². The van der Waals surface area contributed by atoms with Crippen LogP contribution in [-0.4, -0.2) is 24.9 Å². The maximum Gasteiger partial charge on any atom is 0.223 e. The molecule has 0 spiro atoms. The summed E-state index contributed by atoms with van der Waals surface area (Å²) in [5.41, 5.74) is 0. The molecule has 0 bridgehead atoms. The van der Waals surface area contributed by atoms with E-state index in [-0.39, 0.29) is 23.7 Å². The molecule has 24 heavy (non-hydrogen) atoms. The SMILES string of the molecule is CCCCNC(=O)C(CC)CC=CCC(CC)C(=O)NCCCC. The van der Waals surface area contributed by atoms with Crippen LogP contribution < -0.4 is 10.6 Å². The fourth-order valence-corrected chi connectivity index (χ4v) is 2.50. The van der Waals surface area contributed by atoms with Gasteiger partial charge in [-0.1, -0.05) is 52.7 Å². The smallest absolute Gasteiger partial charge is 0.223 e. The van der Waals surface area contributed by atoms with Crippen molar-refractivity contribution in [3.63, 3.8) is 0 Å². The Kier molecular flexibility index (Phi) is 14.4. The van der Waals surface area contributed by atoms with Crippen molar-refractivity contribution in [2.45, 2.75) is 79.1 Å². The Balaban J connectivity index is 4.20. The van der Waals surface area contributed by atoms with Crippen LogP contribution in [0.5, 0.6) is 0 Å². The third kappa shape index (κ3) is 10.5. The van der Waals surface area contributed by atoms with Crippen molar-refractivity contribution < 1.29 is 9.59 Å². The van der Waals surface area contributed by atoms with Crippen LogP contribution in [0, 0.1) is 11.8 Å². The monoisotopic (exact) mass is 338 g/mol. The van der Waals surface area contributed by atoms with Gasteiger partial charge in [0.15, 0.2) is 0 Å². The summed E-state index contributed by atoms with van der Waals surface area (Å²) in [5, 5.41) is 6.01. The van der Waals surface area contributed by atoms with Crippen LogP contribution in [0.2, 0.25) is 0 Å². The Bertz CT molecular complexity index is 333. The quantitative estimate of drug-likeness (QED) is 0.368. The number of rotatable bonds is 14. The van der Waals surface area contributed by atoms with E-state index in [0.717, 1.165) is 64.5 Å². The van der Waals surface area contributed by atoms with E-state index in [1.54, 1.807) is 0 Å². The molecule has 0 aliphatic heterocycles. The summed E-state index contributed by atoms with van der Waals surface area (Å²) >= 11 is 0. The zero-order valence-electron chi connectivity index (χ0n) is 16.2. The highest BCUT2D eigenvalue weighted by molar-refractivity contribution is 5.79. The second-order valence-electron chi connectivity index (χ2n) is 6.44. The lowest BCUT2D eigenvalue weighted by Crippen LogP contribution is -2.31. The normalized spacial score (nSPS) is 13.7. The number of unbranched alkanes of at least 4 members (excludes halogenated alkanes) is 2. The maximum atomic E-state index is 12.1. The van der Waals surface area contributed by atoms with Gasteiger partial charge in [0, 0.05) is 24.9 Å². The maximum absolute atomic E-state index is 12.1. The predicted octanol–water partition coefficient (Wildman–Crippen LogP) is 4.21. The lowest BCUT2D eigenvalue weighted by molar-refractivity contribution is -0.125. The van der Waals surface area contributed by atoms with Gasteiger partial charge in [-0.25, -0.2) is 0 Å². The number of carbonyl (C=O) groups excluding carboxylic acids is 2. The number of carbonyl (C=O) groups is 2. The third-order valence-corrected chi connectivity index (χ3v) is 4.39. The highest BCUT2D eigenvalue weighted by atomic mass is 16.2. The fraction of sp³-hybridized carbons (Fsp3) is 0.800. The van der Waals surface area contributed by atoms with Crippen molar-refractivity contribution in [2.24, 2.45) is 11.8 Å². The minimum atomic E-state index is 0.0385. The Morgan fingerprint density at radius 3 is 1.42 bits per heavy atom. The van der Waals surface area contributed by atoms with Crippen LogP contribution in [0.25, 0.3) is 0 Å². The Morgan fingerprint density at radius 2 is 1.12 bits per heavy atom. The Labute approximate surface area is 148 Å². The zero-order valence-corrected chi connectivity index (χ0v) is 16.2. The van der Waals surface area contributed by atoms with Crippen LogP contribution in [0.15, 0.2) is 12.2 Å². The fourth-order valence-electron chi connectivity index (χ4n) is 2.50. The minimum absolute atomic E-state index is 0.0385. The summed E-state index contributed by atoms with van der Waals surface area (Å²) in [7, 11) is 0. The van der Waals surface area contributed by atoms with Crippen molar-refractivity contribution in [1.29, 1.82) is 0 Å². The molecule has 4 nitrogen and oxygen atoms in total. The molecule has 0 aromatic rings. The van der Waals surface area contributed by atoms with Gasteiger partial charge in [-0.3, -0.25) is 9.59 Å². The summed E-state index contributed by atoms with van der Waals surface area (Å²) in [6.45, 7) is 9.88. The average molecular weight is 339 g/mol. The lowest BCUT2D eigenvalue weighted by atomic mass is 9.98. The van der Waals surface area contributed by atoms with Gasteiger partial charge in [-0.15, -0.1) is 0 Å². The van der Waals surface area contributed by atoms with Crippen LogP contribution in [0.3, 0.4) is 0 Å². The van der Waals surface area contributed by atoms with E-state index in [1.165, 1.54) is 0 Å². The van der Waals surface area contributed by atoms with Crippen LogP contribution in [0.4, 0.5) is 0 Å². The number of nitrogens with one attached hydrogen (secondary N) is 2. The lowest BCUT2D eigenvalue weighted by Gasteiger charge is -2.14. The topological polar surface area (TPSA) is 58.2 Å². The average Bonchev–Trinajstić information content (AvgIpc) is 2.58. The van der Waals surface area contributed by atoms with E-state index in [9.17, 15) is 9.59 Å². The Hall–Kier alpha value is -1.32. The summed E-state index contributed by atoms with van der Waals surface area (Å²) in [6.07, 6.45) is 11.6. The van der Waals surface area contributed by atoms with Crippen LogP contribution >= 0.6 is 0 Å². The molecule has 4 heteroatoms. The molecule has 0 rings (SSSR count). The molecule has 0 aliphatic rings. The van der Waals surface area contributed by atoms with E-state index in [2.05, 4.69) is 36.6 Å². The minimum Gasteiger partial charge on any atom is -0.356 e. The predicted molar refractivity (Wildman–Crippen MR) is 102 cm³/mol. The van der Waals surface area contributed by atoms with Crippen LogP contribution in [-0.2, 0) is 9.59 Å². The molecule has 2 N–H and O–H groups in total. The molecular weight excluding hydrogens is 300 g/mol. The first kappa shape index (κ1) is 22.7. The number of hydrogen-bond acceptors (Lipinski definition) is 2. The third-order valence-electron chi connectivity index (χ3n) is 4.39. The van der Waals surface area contributed by atoms with E-state index < -0.39 is 0 Å². The van der Waals surface area contributed by atoms with Gasteiger partial charge < -0.3 is 10.6 Å². The standard InChI is InChI=1S/C20H38N2O2/c1-5-9-15-21-19(23)17(7-3)13-11-12-14-18(8-4)20(24)22-16-10-6-2/h11-12,17-18H,5-10,13-16H2,1-4H3,(H,21,23)(H,22,24). The molecule has 2 amide bonds. The molecule has 0 saturated heterocycles. The van der Waals surface area contributed by atoms with Crippen molar-refractivity contribution in [2.75, 3.05) is 13.1 Å². The first-order chi connectivity index (χ1) is 11.6. The molecule has 0 aliphatic carbocycles. The zero-order chi connectivity index (χ0) is 18.2. The van der Waals surface area contributed by atoms with Crippen molar-refractivity contribution in [3.8, 4) is 0 Å². The second-order valence-corrected chi connectivity index (χ2v) is 6.44. The highest BCUT2D eigenvalue weighted by Crippen LogP contribution is 2.13. The van der Waals surface area contributed by atoms with Crippen molar-refractivity contribution in [1.82, 2.24) is 10.6 Å². The van der Waals surface area contributed by atoms with Gasteiger partial charge in [-0.2, -0.15) is 0 Å². The van der Waals surface area contributed by atoms with Crippen molar-refractivity contribution in [3.05, 3.63) is 12.2 Å². The number of hydrogen-bond donors (Lipinski definition) is 2. The second kappa shape index (κ2) is 15.2. The summed E-state index contributed by atoms with van der Waals surface area (Å²) in [4.78, 5) is 24.2. The largest absolute Gasteiger partial charge is 0.356 e. The van der Waals surface area contributed by atoms with E-state index in [1.807, 2.05) is 13.8 Å². The van der Waals surface area contributed by atoms with E-state index in [4.69, 9.17) is 0 Å². The molecule has 0 saturated carbocycles. The van der Waals surface area contributed by atoms with Crippen LogP contribution in [0.1, 0.15) is 79.1 Å². The Morgan fingerprint density at radius 1 is 0.750 bits per heavy atom. The summed E-state index contributed by atoms with van der Waals surface area (Å²) < 4.78 is 0.